The quantitative estimate of drug-likeness (QED) is 0.602. The van der Waals surface area contributed by atoms with Crippen LogP contribution in [0.15, 0.2) is 84.9 Å². The van der Waals surface area contributed by atoms with Gasteiger partial charge in [-0.05, 0) is 36.8 Å². The molecule has 3 aromatic rings. The minimum absolute atomic E-state index is 0.322. The van der Waals surface area contributed by atoms with Gasteiger partial charge >= 0.3 is 0 Å². The van der Waals surface area contributed by atoms with Crippen LogP contribution in [0.2, 0.25) is 0 Å². The van der Waals surface area contributed by atoms with Crippen LogP contribution >= 0.6 is 0 Å². The van der Waals surface area contributed by atoms with Crippen LogP contribution in [-0.4, -0.2) is 23.1 Å². The molecule has 0 saturated carbocycles. The molecule has 3 aromatic carbocycles. The van der Waals surface area contributed by atoms with Crippen LogP contribution in [0.25, 0.3) is 0 Å². The smallest absolute Gasteiger partial charge is 0.244 e. The summed E-state index contributed by atoms with van der Waals surface area (Å²) in [7, 11) is 0. The summed E-state index contributed by atoms with van der Waals surface area (Å²) >= 11 is 0. The Labute approximate surface area is 180 Å². The highest BCUT2D eigenvalue weighted by molar-refractivity contribution is 6.27. The zero-order chi connectivity index (χ0) is 21.8. The van der Waals surface area contributed by atoms with Crippen molar-refractivity contribution in [1.82, 2.24) is 5.32 Å². The fourth-order valence-corrected chi connectivity index (χ4v) is 3.69. The molecule has 1 aliphatic heterocycles. The fraction of sp³-hybridized carbons (Fsp3) is 0.160. The summed E-state index contributed by atoms with van der Waals surface area (Å²) in [5, 5.41) is 5.39. The van der Waals surface area contributed by atoms with Crippen molar-refractivity contribution in [2.75, 3.05) is 5.32 Å². The lowest BCUT2D eigenvalue weighted by Crippen LogP contribution is -2.45. The van der Waals surface area contributed by atoms with Gasteiger partial charge in [-0.2, -0.15) is 0 Å². The summed E-state index contributed by atoms with van der Waals surface area (Å²) in [5.41, 5.74) is 0.222. The Bertz CT molecular complexity index is 1110. The first kappa shape index (κ1) is 20.3. The fourth-order valence-electron chi connectivity index (χ4n) is 3.69. The van der Waals surface area contributed by atoms with Gasteiger partial charge in [0.1, 0.15) is 17.0 Å². The maximum Gasteiger partial charge on any atom is 0.244 e. The molecule has 1 aliphatic rings. The average molecular weight is 414 g/mol. The lowest BCUT2D eigenvalue weighted by Gasteiger charge is -2.22. The van der Waals surface area contributed by atoms with E-state index in [1.165, 1.54) is 0 Å². The normalized spacial score (nSPS) is 20.2. The van der Waals surface area contributed by atoms with Crippen molar-refractivity contribution >= 4 is 23.3 Å². The molecule has 0 aromatic heterocycles. The zero-order valence-electron chi connectivity index (χ0n) is 17.0. The molecule has 0 radical (unpaired) electrons. The lowest BCUT2D eigenvalue weighted by molar-refractivity contribution is -0.135. The third-order valence-corrected chi connectivity index (χ3v) is 5.21. The van der Waals surface area contributed by atoms with Gasteiger partial charge in [0, 0.05) is 18.2 Å². The summed E-state index contributed by atoms with van der Waals surface area (Å²) in [6.07, 6.45) is 0.322. The Hall–Kier alpha value is -3.93. The molecular weight excluding hydrogens is 392 g/mol. The Morgan fingerprint density at radius 2 is 1.58 bits per heavy atom. The summed E-state index contributed by atoms with van der Waals surface area (Å²) in [6.45, 7) is 1.65. The van der Waals surface area contributed by atoms with Crippen LogP contribution < -0.4 is 15.4 Å². The van der Waals surface area contributed by atoms with E-state index in [9.17, 15) is 14.4 Å². The van der Waals surface area contributed by atoms with Gasteiger partial charge in [-0.15, -0.1) is 0 Å². The molecule has 1 heterocycles. The predicted molar refractivity (Wildman–Crippen MR) is 117 cm³/mol. The van der Waals surface area contributed by atoms with E-state index in [0.717, 1.165) is 5.56 Å². The Balaban J connectivity index is 1.46. The van der Waals surface area contributed by atoms with E-state index in [0.29, 0.717) is 23.6 Å². The van der Waals surface area contributed by atoms with Crippen molar-refractivity contribution in [1.29, 1.82) is 0 Å². The number of rotatable bonds is 6. The molecule has 6 nitrogen and oxygen atoms in total. The molecule has 1 fully saturated rings. The monoisotopic (exact) mass is 414 g/mol. The third-order valence-electron chi connectivity index (χ3n) is 5.21. The van der Waals surface area contributed by atoms with Gasteiger partial charge in [0.15, 0.2) is 11.7 Å². The van der Waals surface area contributed by atoms with Crippen molar-refractivity contribution < 1.29 is 19.1 Å². The van der Waals surface area contributed by atoms with Crippen LogP contribution in [0.4, 0.5) is 5.69 Å². The second-order valence-corrected chi connectivity index (χ2v) is 7.71. The number of anilines is 1. The van der Waals surface area contributed by atoms with E-state index >= 15 is 0 Å². The van der Waals surface area contributed by atoms with Crippen molar-refractivity contribution in [3.05, 3.63) is 90.5 Å². The number of ether oxygens (including phenoxy) is 1. The molecule has 2 amide bonds. The first-order valence-corrected chi connectivity index (χ1v) is 9.99. The van der Waals surface area contributed by atoms with Crippen molar-refractivity contribution in [3.63, 3.8) is 0 Å². The molecule has 4 rings (SSSR count). The number of amides is 2. The van der Waals surface area contributed by atoms with Crippen LogP contribution in [-0.2, 0) is 20.8 Å². The van der Waals surface area contributed by atoms with E-state index in [4.69, 9.17) is 4.74 Å². The van der Waals surface area contributed by atoms with Crippen molar-refractivity contribution in [3.8, 4) is 11.5 Å². The molecule has 156 valence electrons. The number of carbonyl (C=O) groups excluding carboxylic acids is 3. The highest BCUT2D eigenvalue weighted by Crippen LogP contribution is 2.28. The van der Waals surface area contributed by atoms with Crippen LogP contribution in [0.1, 0.15) is 12.5 Å². The number of ketones is 1. The predicted octanol–water partition coefficient (Wildman–Crippen LogP) is 3.73. The summed E-state index contributed by atoms with van der Waals surface area (Å²) in [5.74, 6) is -1.88. The maximum absolute atomic E-state index is 13.0. The number of Topliss-reactive ketones (excluding diaryl/α,β-unsaturated/α-hetero) is 1. The second kappa shape index (κ2) is 8.44. The average Bonchev–Trinajstić information content (AvgIpc) is 2.97. The molecule has 31 heavy (non-hydrogen) atoms. The largest absolute Gasteiger partial charge is 0.457 e. The van der Waals surface area contributed by atoms with Gasteiger partial charge in [0.05, 0.1) is 0 Å². The van der Waals surface area contributed by atoms with E-state index < -0.39 is 29.1 Å². The Kier molecular flexibility index (Phi) is 5.54. The first-order valence-electron chi connectivity index (χ1n) is 9.99. The maximum atomic E-state index is 13.0. The van der Waals surface area contributed by atoms with Crippen LogP contribution in [0.3, 0.4) is 0 Å². The number of carbonyl (C=O) groups is 3. The van der Waals surface area contributed by atoms with Gasteiger partial charge in [-0.3, -0.25) is 14.4 Å². The van der Waals surface area contributed by atoms with Crippen LogP contribution in [0.5, 0.6) is 11.5 Å². The molecule has 0 aliphatic carbocycles. The molecule has 2 atom stereocenters. The second-order valence-electron chi connectivity index (χ2n) is 7.71. The zero-order valence-corrected chi connectivity index (χ0v) is 17.0. The number of benzene rings is 3. The Morgan fingerprint density at radius 1 is 0.935 bits per heavy atom. The van der Waals surface area contributed by atoms with E-state index in [2.05, 4.69) is 10.6 Å². The van der Waals surface area contributed by atoms with Gasteiger partial charge in [-0.1, -0.05) is 54.6 Å². The third kappa shape index (κ3) is 4.48. The molecule has 0 bridgehead atoms. The number of hydrogen-bond donors (Lipinski definition) is 2. The first-order chi connectivity index (χ1) is 14.9. The van der Waals surface area contributed by atoms with E-state index in [1.54, 1.807) is 31.2 Å². The topological polar surface area (TPSA) is 84.5 Å². The minimum Gasteiger partial charge on any atom is -0.457 e. The number of para-hydroxylation sites is 1. The standard InChI is InChI=1S/C25H22N2O4/c1-25(16-17-9-4-2-5-10-17)22(28)21(24(30)27-25)23(29)26-18-11-8-14-20(15-18)31-19-12-6-3-7-13-19/h2-15,21H,16H2,1H3,(H,26,29)(H,27,30). The number of hydrogen-bond acceptors (Lipinski definition) is 4. The minimum atomic E-state index is -1.40. The Morgan fingerprint density at radius 3 is 2.29 bits per heavy atom. The summed E-state index contributed by atoms with van der Waals surface area (Å²) < 4.78 is 5.77. The summed E-state index contributed by atoms with van der Waals surface area (Å²) in [4.78, 5) is 38.3. The highest BCUT2D eigenvalue weighted by atomic mass is 16.5. The molecule has 6 heteroatoms. The van der Waals surface area contributed by atoms with Gasteiger partial charge in [0.25, 0.3) is 0 Å². The molecule has 0 spiro atoms. The van der Waals surface area contributed by atoms with E-state index in [-0.39, 0.29) is 0 Å². The number of nitrogens with one attached hydrogen (secondary N) is 2. The van der Waals surface area contributed by atoms with Gasteiger partial charge in [-0.25, -0.2) is 0 Å². The summed E-state index contributed by atoms with van der Waals surface area (Å²) in [6, 6.07) is 25.4. The van der Waals surface area contributed by atoms with Gasteiger partial charge in [0.2, 0.25) is 11.8 Å². The van der Waals surface area contributed by atoms with Crippen molar-refractivity contribution in [2.24, 2.45) is 5.92 Å². The van der Waals surface area contributed by atoms with E-state index in [1.807, 2.05) is 60.7 Å². The highest BCUT2D eigenvalue weighted by Gasteiger charge is 2.52. The molecule has 2 unspecified atom stereocenters. The van der Waals surface area contributed by atoms with Gasteiger partial charge < -0.3 is 15.4 Å². The van der Waals surface area contributed by atoms with Crippen LogP contribution in [0, 0.1) is 5.92 Å². The molecular formula is C25H22N2O4. The lowest BCUT2D eigenvalue weighted by atomic mass is 9.86. The van der Waals surface area contributed by atoms with Crippen molar-refractivity contribution in [2.45, 2.75) is 18.9 Å². The molecule has 1 saturated heterocycles. The molecule has 2 N–H and O–H groups in total. The SMILES string of the molecule is CC1(Cc2ccccc2)NC(=O)C(C(=O)Nc2cccc(Oc3ccccc3)c2)C1=O.